The summed E-state index contributed by atoms with van der Waals surface area (Å²) >= 11 is 7.17. The molecule has 10 heteroatoms. The lowest BCUT2D eigenvalue weighted by Crippen LogP contribution is -2.41. The maximum Gasteiger partial charge on any atom is 0.286 e. The van der Waals surface area contributed by atoms with Crippen molar-refractivity contribution in [2.75, 3.05) is 25.0 Å². The number of ether oxygens (including phenoxy) is 1. The van der Waals surface area contributed by atoms with Gasteiger partial charge in [-0.1, -0.05) is 29.0 Å². The first-order chi connectivity index (χ1) is 15.5. The van der Waals surface area contributed by atoms with Crippen molar-refractivity contribution in [3.63, 3.8) is 0 Å². The first kappa shape index (κ1) is 22.2. The number of carbonyl (C=O) groups excluding carboxylic acids is 2. The Balaban J connectivity index is 1.34. The van der Waals surface area contributed by atoms with Crippen LogP contribution in [0.3, 0.4) is 0 Å². The second-order valence-electron chi connectivity index (χ2n) is 7.33. The molecule has 0 aliphatic carbocycles. The van der Waals surface area contributed by atoms with Crippen molar-refractivity contribution in [2.45, 2.75) is 18.8 Å². The van der Waals surface area contributed by atoms with Gasteiger partial charge in [0.15, 0.2) is 6.61 Å². The molecule has 0 bridgehead atoms. The van der Waals surface area contributed by atoms with Crippen molar-refractivity contribution >= 4 is 40.4 Å². The Morgan fingerprint density at radius 1 is 1.22 bits per heavy atom. The molecule has 166 valence electrons. The van der Waals surface area contributed by atoms with Crippen molar-refractivity contribution in [1.82, 2.24) is 15.1 Å². The van der Waals surface area contributed by atoms with Crippen LogP contribution < -0.4 is 10.1 Å². The molecule has 1 aromatic heterocycles. The van der Waals surface area contributed by atoms with E-state index in [0.717, 1.165) is 17.8 Å². The van der Waals surface area contributed by atoms with Gasteiger partial charge in [-0.3, -0.25) is 9.59 Å². The van der Waals surface area contributed by atoms with Crippen LogP contribution in [0.5, 0.6) is 5.75 Å². The van der Waals surface area contributed by atoms with Gasteiger partial charge in [0, 0.05) is 29.7 Å². The third-order valence-corrected chi connectivity index (χ3v) is 6.34. The minimum atomic E-state index is -0.361. The summed E-state index contributed by atoms with van der Waals surface area (Å²) in [6.07, 6.45) is 1.67. The summed E-state index contributed by atoms with van der Waals surface area (Å²) in [5.74, 6) is -0.424. The molecule has 0 saturated carbocycles. The number of hydrogen-bond acceptors (Lipinski definition) is 6. The Labute approximate surface area is 193 Å². The summed E-state index contributed by atoms with van der Waals surface area (Å²) < 4.78 is 18.5. The number of nitrogens with zero attached hydrogens (tertiary/aromatic N) is 3. The maximum absolute atomic E-state index is 13.0. The number of amides is 2. The second kappa shape index (κ2) is 10.1. The van der Waals surface area contributed by atoms with Crippen molar-refractivity contribution < 1.29 is 18.7 Å². The number of nitrogens with one attached hydrogen (secondary N) is 1. The number of carbonyl (C=O) groups is 2. The first-order valence-corrected chi connectivity index (χ1v) is 11.2. The van der Waals surface area contributed by atoms with Crippen LogP contribution in [0.15, 0.2) is 48.5 Å². The summed E-state index contributed by atoms with van der Waals surface area (Å²) in [7, 11) is 0. The van der Waals surface area contributed by atoms with E-state index in [1.165, 1.54) is 35.6 Å². The molecule has 1 aliphatic rings. The zero-order valence-corrected chi connectivity index (χ0v) is 18.5. The number of hydrogen-bond donors (Lipinski definition) is 1. The van der Waals surface area contributed by atoms with Gasteiger partial charge in [-0.05, 0) is 55.3 Å². The quantitative estimate of drug-likeness (QED) is 0.573. The Bertz CT molecular complexity index is 1110. The molecule has 32 heavy (non-hydrogen) atoms. The van der Waals surface area contributed by atoms with E-state index >= 15 is 0 Å². The highest BCUT2D eigenvalue weighted by Gasteiger charge is 2.28. The normalized spacial score (nSPS) is 15.9. The molecule has 1 fully saturated rings. The minimum absolute atomic E-state index is 0.00346. The fourth-order valence-corrected chi connectivity index (χ4v) is 4.47. The fourth-order valence-electron chi connectivity index (χ4n) is 3.41. The molecule has 2 aromatic carbocycles. The summed E-state index contributed by atoms with van der Waals surface area (Å²) in [4.78, 5) is 26.8. The smallest absolute Gasteiger partial charge is 0.286 e. The number of aromatic nitrogens is 2. The number of piperidine rings is 1. The molecular weight excluding hydrogens is 455 g/mol. The van der Waals surface area contributed by atoms with Crippen molar-refractivity contribution in [3.8, 4) is 5.75 Å². The van der Waals surface area contributed by atoms with Gasteiger partial charge in [-0.15, -0.1) is 10.2 Å². The fraction of sp³-hybridized carbons (Fsp3) is 0.273. The molecule has 0 unspecified atom stereocenters. The maximum atomic E-state index is 13.0. The standard InChI is InChI=1S/C22H20ClFN4O3S/c23-15-4-1-5-17(11-15)25-20(30)22-27-26-21(32-22)14-3-2-10-28(12-14)19(29)13-31-18-8-6-16(24)7-9-18/h1,4-9,11,14H,2-3,10,12-13H2,(H,25,30)/t14-/m1/s1. The molecular formula is C22H20ClFN4O3S. The van der Waals surface area contributed by atoms with Crippen LogP contribution in [0.4, 0.5) is 10.1 Å². The lowest BCUT2D eigenvalue weighted by molar-refractivity contribution is -0.134. The predicted octanol–water partition coefficient (Wildman–Crippen LogP) is 4.37. The molecule has 1 aliphatic heterocycles. The Morgan fingerprint density at radius 3 is 2.81 bits per heavy atom. The number of rotatable bonds is 6. The van der Waals surface area contributed by atoms with Gasteiger partial charge < -0.3 is 15.0 Å². The number of likely N-dealkylation sites (tertiary alicyclic amines) is 1. The first-order valence-electron chi connectivity index (χ1n) is 10.0. The highest BCUT2D eigenvalue weighted by Crippen LogP contribution is 2.29. The monoisotopic (exact) mass is 474 g/mol. The highest BCUT2D eigenvalue weighted by molar-refractivity contribution is 7.13. The van der Waals surface area contributed by atoms with Crippen LogP contribution in [-0.2, 0) is 4.79 Å². The van der Waals surface area contributed by atoms with Crippen LogP contribution >= 0.6 is 22.9 Å². The number of halogens is 2. The number of anilines is 1. The molecule has 1 saturated heterocycles. The van der Waals surface area contributed by atoms with E-state index in [2.05, 4.69) is 15.5 Å². The lowest BCUT2D eigenvalue weighted by Gasteiger charge is -2.31. The van der Waals surface area contributed by atoms with Crippen molar-refractivity contribution in [1.29, 1.82) is 0 Å². The van der Waals surface area contributed by atoms with E-state index in [9.17, 15) is 14.0 Å². The van der Waals surface area contributed by atoms with E-state index in [1.54, 1.807) is 29.2 Å². The van der Waals surface area contributed by atoms with Gasteiger partial charge >= 0.3 is 0 Å². The third-order valence-electron chi connectivity index (χ3n) is 5.02. The summed E-state index contributed by atoms with van der Waals surface area (Å²) in [5, 5.41) is 12.5. The molecule has 4 rings (SSSR count). The molecule has 0 spiro atoms. The summed E-state index contributed by atoms with van der Waals surface area (Å²) in [5.41, 5.74) is 0.579. The van der Waals surface area contributed by atoms with Crippen LogP contribution in [0.1, 0.15) is 33.6 Å². The SMILES string of the molecule is O=C(Nc1cccc(Cl)c1)c1nnc([C@@H]2CCCN(C(=O)COc3ccc(F)cc3)C2)s1. The third kappa shape index (κ3) is 5.60. The predicted molar refractivity (Wildman–Crippen MR) is 120 cm³/mol. The Kier molecular flexibility index (Phi) is 6.96. The van der Waals surface area contributed by atoms with Crippen molar-refractivity contribution in [3.05, 3.63) is 69.4 Å². The van der Waals surface area contributed by atoms with Crippen LogP contribution in [0.25, 0.3) is 0 Å². The van der Waals surface area contributed by atoms with E-state index in [-0.39, 0.29) is 35.2 Å². The Hall–Kier alpha value is -3.04. The van der Waals surface area contributed by atoms with Gasteiger partial charge in [0.05, 0.1) is 0 Å². The highest BCUT2D eigenvalue weighted by atomic mass is 35.5. The minimum Gasteiger partial charge on any atom is -0.484 e. The summed E-state index contributed by atoms with van der Waals surface area (Å²) in [6, 6.07) is 12.4. The van der Waals surface area contributed by atoms with E-state index in [1.807, 2.05) is 0 Å². The van der Waals surface area contributed by atoms with Gasteiger partial charge in [0.1, 0.15) is 16.6 Å². The van der Waals surface area contributed by atoms with E-state index < -0.39 is 0 Å². The van der Waals surface area contributed by atoms with Crippen LogP contribution in [0, 0.1) is 5.82 Å². The molecule has 0 radical (unpaired) electrons. The topological polar surface area (TPSA) is 84.4 Å². The van der Waals surface area contributed by atoms with Gasteiger partial charge in [-0.25, -0.2) is 4.39 Å². The lowest BCUT2D eigenvalue weighted by atomic mass is 9.99. The molecule has 2 heterocycles. The van der Waals surface area contributed by atoms with Crippen molar-refractivity contribution in [2.24, 2.45) is 0 Å². The summed E-state index contributed by atoms with van der Waals surface area (Å²) in [6.45, 7) is 0.987. The van der Waals surface area contributed by atoms with Gasteiger partial charge in [0.25, 0.3) is 11.8 Å². The van der Waals surface area contributed by atoms with E-state index in [0.29, 0.717) is 29.5 Å². The molecule has 1 N–H and O–H groups in total. The molecule has 1 atom stereocenters. The Morgan fingerprint density at radius 2 is 2.03 bits per heavy atom. The average Bonchev–Trinajstić information content (AvgIpc) is 3.29. The average molecular weight is 475 g/mol. The van der Waals surface area contributed by atoms with Gasteiger partial charge in [0.2, 0.25) is 5.01 Å². The second-order valence-corrected chi connectivity index (χ2v) is 8.78. The molecule has 7 nitrogen and oxygen atoms in total. The zero-order valence-electron chi connectivity index (χ0n) is 17.0. The van der Waals surface area contributed by atoms with Gasteiger partial charge in [-0.2, -0.15) is 0 Å². The molecule has 3 aromatic rings. The molecule has 2 amide bonds. The van der Waals surface area contributed by atoms with Crippen LogP contribution in [0.2, 0.25) is 5.02 Å². The van der Waals surface area contributed by atoms with E-state index in [4.69, 9.17) is 16.3 Å². The largest absolute Gasteiger partial charge is 0.484 e. The van der Waals surface area contributed by atoms with Crippen LogP contribution in [-0.4, -0.2) is 46.6 Å². The zero-order chi connectivity index (χ0) is 22.5. The number of benzene rings is 2.